The molecule has 1 nitrogen and oxygen atoms in total. The first-order valence-corrected chi connectivity index (χ1v) is 5.02. The van der Waals surface area contributed by atoms with Crippen LogP contribution in [0.4, 0.5) is 0 Å². The molecule has 1 heteroatoms. The molecule has 0 spiro atoms. The largest absolute Gasteiger partial charge is 0.295 e. The Morgan fingerprint density at radius 3 is 2.67 bits per heavy atom. The van der Waals surface area contributed by atoms with Gasteiger partial charge in [0.05, 0.1) is 0 Å². The molecule has 2 aliphatic rings. The van der Waals surface area contributed by atoms with Gasteiger partial charge < -0.3 is 0 Å². The molecule has 0 radical (unpaired) electrons. The summed E-state index contributed by atoms with van der Waals surface area (Å²) < 4.78 is 0. The van der Waals surface area contributed by atoms with E-state index >= 15 is 0 Å². The van der Waals surface area contributed by atoms with Gasteiger partial charge in [-0.05, 0) is 43.1 Å². The molecule has 0 saturated heterocycles. The second kappa shape index (κ2) is 3.04. The van der Waals surface area contributed by atoms with Crippen LogP contribution in [-0.4, -0.2) is 5.78 Å². The van der Waals surface area contributed by atoms with Gasteiger partial charge in [-0.25, -0.2) is 0 Å². The Kier molecular flexibility index (Phi) is 2.03. The van der Waals surface area contributed by atoms with Crippen LogP contribution in [0.25, 0.3) is 0 Å². The lowest BCUT2D eigenvalue weighted by atomic mass is 9.84. The average molecular weight is 164 g/mol. The summed E-state index contributed by atoms with van der Waals surface area (Å²) in [6.07, 6.45) is 7.97. The van der Waals surface area contributed by atoms with Crippen molar-refractivity contribution >= 4 is 5.78 Å². The van der Waals surface area contributed by atoms with E-state index in [9.17, 15) is 4.79 Å². The maximum Gasteiger partial charge on any atom is 0.158 e. The van der Waals surface area contributed by atoms with E-state index in [0.29, 0.717) is 11.7 Å². The van der Waals surface area contributed by atoms with Gasteiger partial charge in [-0.1, -0.05) is 13.0 Å². The molecule has 2 saturated carbocycles. The Bertz CT molecular complexity index is 223. The Morgan fingerprint density at radius 1 is 1.33 bits per heavy atom. The first-order chi connectivity index (χ1) is 5.77. The van der Waals surface area contributed by atoms with Crippen LogP contribution >= 0.6 is 0 Å². The first kappa shape index (κ1) is 8.03. The second-order valence-corrected chi connectivity index (χ2v) is 4.18. The Balaban J connectivity index is 2.11. The minimum Gasteiger partial charge on any atom is -0.295 e. The van der Waals surface area contributed by atoms with Gasteiger partial charge in [0, 0.05) is 6.42 Å². The third-order valence-electron chi connectivity index (χ3n) is 2.93. The number of allylic oxidation sites excluding steroid dienone is 2. The first-order valence-electron chi connectivity index (χ1n) is 5.02. The summed E-state index contributed by atoms with van der Waals surface area (Å²) in [4.78, 5) is 11.5. The lowest BCUT2D eigenvalue weighted by Crippen LogP contribution is -2.16. The fraction of sp³-hybridized carbons (Fsp3) is 0.727. The smallest absolute Gasteiger partial charge is 0.158 e. The van der Waals surface area contributed by atoms with Gasteiger partial charge in [-0.2, -0.15) is 0 Å². The van der Waals surface area contributed by atoms with Crippen LogP contribution in [-0.2, 0) is 4.79 Å². The number of carbonyl (C=O) groups is 1. The molecule has 1 atom stereocenters. The maximum atomic E-state index is 11.5. The van der Waals surface area contributed by atoms with Crippen molar-refractivity contribution in [2.24, 2.45) is 11.8 Å². The number of carbonyl (C=O) groups excluding carboxylic acids is 1. The maximum absolute atomic E-state index is 11.5. The van der Waals surface area contributed by atoms with Gasteiger partial charge in [0.1, 0.15) is 0 Å². The zero-order valence-corrected chi connectivity index (χ0v) is 7.68. The molecule has 0 aromatic carbocycles. The van der Waals surface area contributed by atoms with Crippen LogP contribution in [0, 0.1) is 11.8 Å². The summed E-state index contributed by atoms with van der Waals surface area (Å²) in [5.41, 5.74) is 1.14. The normalized spacial score (nSPS) is 34.2. The highest BCUT2D eigenvalue weighted by molar-refractivity contribution is 5.96. The van der Waals surface area contributed by atoms with Gasteiger partial charge >= 0.3 is 0 Å². The zero-order valence-electron chi connectivity index (χ0n) is 7.68. The number of hydrogen-bond acceptors (Lipinski definition) is 1. The van der Waals surface area contributed by atoms with Gasteiger partial charge in [0.15, 0.2) is 5.78 Å². The highest BCUT2D eigenvalue weighted by Gasteiger charge is 2.26. The van der Waals surface area contributed by atoms with E-state index in [1.807, 2.05) is 0 Å². The van der Waals surface area contributed by atoms with Crippen molar-refractivity contribution in [1.29, 1.82) is 0 Å². The summed E-state index contributed by atoms with van der Waals surface area (Å²) in [6, 6.07) is 0. The van der Waals surface area contributed by atoms with Crippen LogP contribution in [0.5, 0.6) is 0 Å². The van der Waals surface area contributed by atoms with Crippen LogP contribution in [0.1, 0.15) is 39.0 Å². The minimum absolute atomic E-state index is 0.417. The number of rotatable bonds is 1. The molecule has 0 aromatic heterocycles. The Morgan fingerprint density at radius 2 is 2.08 bits per heavy atom. The van der Waals surface area contributed by atoms with Gasteiger partial charge in [-0.15, -0.1) is 0 Å². The predicted octanol–water partition coefficient (Wildman–Crippen LogP) is 2.71. The fourth-order valence-electron chi connectivity index (χ4n) is 1.92. The molecule has 0 bridgehead atoms. The van der Waals surface area contributed by atoms with E-state index in [-0.39, 0.29) is 0 Å². The molecule has 0 aliphatic heterocycles. The van der Waals surface area contributed by atoms with Crippen LogP contribution in [0.2, 0.25) is 0 Å². The highest BCUT2D eigenvalue weighted by atomic mass is 16.1. The van der Waals surface area contributed by atoms with Crippen molar-refractivity contribution in [2.45, 2.75) is 39.0 Å². The summed E-state index contributed by atoms with van der Waals surface area (Å²) in [5.74, 6) is 1.71. The molecule has 0 amide bonds. The third kappa shape index (κ3) is 1.60. The van der Waals surface area contributed by atoms with Gasteiger partial charge in [-0.3, -0.25) is 4.79 Å². The monoisotopic (exact) mass is 164 g/mol. The number of Topliss-reactive ketones (excluding diaryl/α,β-unsaturated/α-hetero) is 1. The molecule has 1 unspecified atom stereocenters. The third-order valence-corrected chi connectivity index (χ3v) is 2.93. The summed E-state index contributed by atoms with van der Waals surface area (Å²) in [6.45, 7) is 2.19. The van der Waals surface area contributed by atoms with Crippen LogP contribution in [0.3, 0.4) is 0 Å². The predicted molar refractivity (Wildman–Crippen MR) is 48.8 cm³/mol. The molecule has 0 N–H and O–H groups in total. The van der Waals surface area contributed by atoms with Crippen LogP contribution in [0.15, 0.2) is 11.6 Å². The molecule has 0 aromatic rings. The fourth-order valence-corrected chi connectivity index (χ4v) is 1.92. The number of ketones is 1. The molecule has 66 valence electrons. The molecular weight excluding hydrogens is 148 g/mol. The van der Waals surface area contributed by atoms with Crippen molar-refractivity contribution in [2.75, 3.05) is 0 Å². The SMILES string of the molecule is CC1CCCC(=O)/C1=C/C1CC1. The van der Waals surface area contributed by atoms with E-state index in [1.165, 1.54) is 19.3 Å². The van der Waals surface area contributed by atoms with E-state index < -0.39 is 0 Å². The van der Waals surface area contributed by atoms with Gasteiger partial charge in [0.25, 0.3) is 0 Å². The molecule has 2 rings (SSSR count). The lowest BCUT2D eigenvalue weighted by molar-refractivity contribution is -0.117. The molecule has 2 fully saturated rings. The topological polar surface area (TPSA) is 17.1 Å². The molecule has 0 heterocycles. The molecule has 12 heavy (non-hydrogen) atoms. The zero-order chi connectivity index (χ0) is 8.55. The number of hydrogen-bond donors (Lipinski definition) is 0. The van der Waals surface area contributed by atoms with E-state index in [4.69, 9.17) is 0 Å². The van der Waals surface area contributed by atoms with Gasteiger partial charge in [0.2, 0.25) is 0 Å². The Labute approximate surface area is 73.8 Å². The summed E-state index contributed by atoms with van der Waals surface area (Å²) in [7, 11) is 0. The van der Waals surface area contributed by atoms with E-state index in [2.05, 4.69) is 13.0 Å². The van der Waals surface area contributed by atoms with Crippen LogP contribution < -0.4 is 0 Å². The van der Waals surface area contributed by atoms with Crippen molar-refractivity contribution in [3.8, 4) is 0 Å². The highest BCUT2D eigenvalue weighted by Crippen LogP contribution is 2.35. The second-order valence-electron chi connectivity index (χ2n) is 4.18. The Hall–Kier alpha value is -0.590. The van der Waals surface area contributed by atoms with Crippen molar-refractivity contribution in [3.05, 3.63) is 11.6 Å². The summed E-state index contributed by atoms with van der Waals surface area (Å²) >= 11 is 0. The lowest BCUT2D eigenvalue weighted by Gasteiger charge is -2.20. The van der Waals surface area contributed by atoms with Crippen molar-refractivity contribution in [3.63, 3.8) is 0 Å². The van der Waals surface area contributed by atoms with E-state index in [1.54, 1.807) is 0 Å². The quantitative estimate of drug-likeness (QED) is 0.544. The van der Waals surface area contributed by atoms with Crippen molar-refractivity contribution in [1.82, 2.24) is 0 Å². The molecular formula is C11H16O. The minimum atomic E-state index is 0.417. The molecule has 2 aliphatic carbocycles. The van der Waals surface area contributed by atoms with E-state index in [0.717, 1.165) is 24.3 Å². The standard InChI is InChI=1S/C11H16O/c1-8-3-2-4-11(12)10(8)7-9-5-6-9/h7-9H,2-6H2,1H3/b10-7+. The summed E-state index contributed by atoms with van der Waals surface area (Å²) in [5, 5.41) is 0. The van der Waals surface area contributed by atoms with Crippen molar-refractivity contribution < 1.29 is 4.79 Å². The average Bonchev–Trinajstić information content (AvgIpc) is 2.80.